The number of rotatable bonds is 4. The number of ether oxygens (including phenoxy) is 1. The molecule has 0 amide bonds. The van der Waals surface area contributed by atoms with Crippen LogP contribution in [0.1, 0.15) is 6.42 Å². The van der Waals surface area contributed by atoms with Gasteiger partial charge < -0.3 is 9.64 Å². The van der Waals surface area contributed by atoms with Crippen LogP contribution in [0.4, 0.5) is 5.69 Å². The van der Waals surface area contributed by atoms with Crippen LogP contribution in [0.25, 0.3) is 11.1 Å². The van der Waals surface area contributed by atoms with E-state index in [1.807, 2.05) is 12.1 Å². The summed E-state index contributed by atoms with van der Waals surface area (Å²) in [7, 11) is 3.79. The first-order chi connectivity index (χ1) is 11.3. The van der Waals surface area contributed by atoms with E-state index < -0.39 is 0 Å². The van der Waals surface area contributed by atoms with Crippen molar-refractivity contribution in [1.29, 1.82) is 0 Å². The summed E-state index contributed by atoms with van der Waals surface area (Å²) in [5.41, 5.74) is 4.74. The molecule has 1 aliphatic rings. The molecule has 0 heterocycles. The molecular formula is C21H21NO. The Morgan fingerprint density at radius 1 is 0.957 bits per heavy atom. The maximum atomic E-state index is 5.30. The number of benzene rings is 2. The van der Waals surface area contributed by atoms with Crippen LogP contribution in [0.15, 0.2) is 84.6 Å². The molecule has 2 aromatic rings. The topological polar surface area (TPSA) is 12.5 Å². The molecule has 0 atom stereocenters. The molecule has 0 aromatic heterocycles. The molecule has 3 rings (SSSR count). The van der Waals surface area contributed by atoms with Gasteiger partial charge >= 0.3 is 0 Å². The summed E-state index contributed by atoms with van der Waals surface area (Å²) in [6, 6.07) is 16.8. The fourth-order valence-corrected chi connectivity index (χ4v) is 2.65. The molecule has 0 unspecified atom stereocenters. The normalized spacial score (nSPS) is 13.4. The van der Waals surface area contributed by atoms with Gasteiger partial charge in [0.05, 0.1) is 7.11 Å². The zero-order valence-corrected chi connectivity index (χ0v) is 13.6. The zero-order valence-electron chi connectivity index (χ0n) is 13.6. The first-order valence-corrected chi connectivity index (χ1v) is 7.79. The van der Waals surface area contributed by atoms with E-state index in [0.29, 0.717) is 0 Å². The first kappa shape index (κ1) is 15.2. The van der Waals surface area contributed by atoms with Crippen molar-refractivity contribution in [3.8, 4) is 16.9 Å². The lowest BCUT2D eigenvalue weighted by Crippen LogP contribution is -2.14. The molecule has 0 bridgehead atoms. The van der Waals surface area contributed by atoms with Gasteiger partial charge in [0.25, 0.3) is 0 Å². The van der Waals surface area contributed by atoms with Crippen LogP contribution in [-0.2, 0) is 0 Å². The fraction of sp³-hybridized carbons (Fsp3) is 0.143. The van der Waals surface area contributed by atoms with Crippen molar-refractivity contribution in [2.45, 2.75) is 6.42 Å². The van der Waals surface area contributed by atoms with Gasteiger partial charge in [-0.2, -0.15) is 0 Å². The molecular weight excluding hydrogens is 282 g/mol. The highest BCUT2D eigenvalue weighted by atomic mass is 16.5. The van der Waals surface area contributed by atoms with Crippen LogP contribution >= 0.6 is 0 Å². The Morgan fingerprint density at radius 2 is 1.78 bits per heavy atom. The SMILES string of the molecule is COc1cccc(-c2ccc(N(C)C3=CCC=CC=C3)cc2)c1. The monoisotopic (exact) mass is 303 g/mol. The van der Waals surface area contributed by atoms with Crippen molar-refractivity contribution < 1.29 is 4.74 Å². The number of anilines is 1. The van der Waals surface area contributed by atoms with E-state index in [1.54, 1.807) is 7.11 Å². The molecule has 0 spiro atoms. The summed E-state index contributed by atoms with van der Waals surface area (Å²) in [5.74, 6) is 0.880. The maximum absolute atomic E-state index is 5.30. The summed E-state index contributed by atoms with van der Waals surface area (Å²) < 4.78 is 5.30. The average Bonchev–Trinajstić information content (AvgIpc) is 2.91. The fourth-order valence-electron chi connectivity index (χ4n) is 2.65. The van der Waals surface area contributed by atoms with Crippen LogP contribution in [0.5, 0.6) is 5.75 Å². The van der Waals surface area contributed by atoms with E-state index in [1.165, 1.54) is 16.9 Å². The van der Waals surface area contributed by atoms with Gasteiger partial charge in [0, 0.05) is 18.4 Å². The van der Waals surface area contributed by atoms with Gasteiger partial charge in [-0.25, -0.2) is 0 Å². The third-order valence-corrected chi connectivity index (χ3v) is 4.02. The standard InChI is InChI=1S/C21H21NO/c1-22(19-9-5-3-4-6-10-19)20-14-12-17(13-15-20)18-8-7-11-21(16-18)23-2/h3-5,7-16H,6H2,1-2H3. The lowest BCUT2D eigenvalue weighted by Gasteiger charge is -2.21. The minimum Gasteiger partial charge on any atom is -0.497 e. The van der Waals surface area contributed by atoms with Crippen molar-refractivity contribution in [3.63, 3.8) is 0 Å². The quantitative estimate of drug-likeness (QED) is 0.770. The van der Waals surface area contributed by atoms with Crippen molar-refractivity contribution in [2.75, 3.05) is 19.1 Å². The van der Waals surface area contributed by atoms with Crippen LogP contribution in [0.3, 0.4) is 0 Å². The molecule has 2 heteroatoms. The second kappa shape index (κ2) is 7.01. The number of hydrogen-bond donors (Lipinski definition) is 0. The molecule has 0 N–H and O–H groups in total. The van der Waals surface area contributed by atoms with Crippen LogP contribution in [0.2, 0.25) is 0 Å². The Morgan fingerprint density at radius 3 is 2.57 bits per heavy atom. The molecule has 23 heavy (non-hydrogen) atoms. The molecule has 1 aliphatic carbocycles. The van der Waals surface area contributed by atoms with Gasteiger partial charge in [-0.05, 0) is 47.9 Å². The van der Waals surface area contributed by atoms with Gasteiger partial charge in [-0.3, -0.25) is 0 Å². The third-order valence-electron chi connectivity index (χ3n) is 4.02. The Labute approximate surface area is 138 Å². The number of nitrogens with zero attached hydrogens (tertiary/aromatic N) is 1. The molecule has 0 radical (unpaired) electrons. The molecule has 0 fully saturated rings. The second-order valence-corrected chi connectivity index (χ2v) is 5.49. The van der Waals surface area contributed by atoms with E-state index >= 15 is 0 Å². The molecule has 2 aromatic carbocycles. The van der Waals surface area contributed by atoms with Crippen molar-refractivity contribution in [1.82, 2.24) is 0 Å². The minimum atomic E-state index is 0.880. The van der Waals surface area contributed by atoms with Crippen molar-refractivity contribution >= 4 is 5.69 Å². The minimum absolute atomic E-state index is 0.880. The Bertz CT molecular complexity index is 754. The first-order valence-electron chi connectivity index (χ1n) is 7.79. The van der Waals surface area contributed by atoms with Crippen LogP contribution in [-0.4, -0.2) is 14.2 Å². The summed E-state index contributed by atoms with van der Waals surface area (Å²) in [6.45, 7) is 0. The smallest absolute Gasteiger partial charge is 0.119 e. The predicted octanol–water partition coefficient (Wildman–Crippen LogP) is 5.20. The zero-order chi connectivity index (χ0) is 16.1. The van der Waals surface area contributed by atoms with E-state index in [4.69, 9.17) is 4.74 Å². The molecule has 2 nitrogen and oxygen atoms in total. The number of likely N-dealkylation sites (N-methyl/N-ethyl adjacent to an activating group) is 1. The molecule has 0 aliphatic heterocycles. The van der Waals surface area contributed by atoms with Crippen LogP contribution in [0, 0.1) is 0 Å². The van der Waals surface area contributed by atoms with Gasteiger partial charge in [-0.15, -0.1) is 0 Å². The largest absolute Gasteiger partial charge is 0.497 e. The lowest BCUT2D eigenvalue weighted by molar-refractivity contribution is 0.415. The van der Waals surface area contributed by atoms with Crippen LogP contribution < -0.4 is 9.64 Å². The van der Waals surface area contributed by atoms with Gasteiger partial charge in [0.2, 0.25) is 0 Å². The lowest BCUT2D eigenvalue weighted by atomic mass is 10.0. The highest BCUT2D eigenvalue weighted by molar-refractivity contribution is 5.68. The Kier molecular flexibility index (Phi) is 4.62. The van der Waals surface area contributed by atoms with E-state index in [0.717, 1.165) is 17.7 Å². The Hall–Kier alpha value is -2.74. The van der Waals surface area contributed by atoms with Crippen molar-refractivity contribution in [2.24, 2.45) is 0 Å². The van der Waals surface area contributed by atoms with E-state index in [9.17, 15) is 0 Å². The van der Waals surface area contributed by atoms with E-state index in [2.05, 4.69) is 78.7 Å². The Balaban J connectivity index is 1.82. The van der Waals surface area contributed by atoms with Gasteiger partial charge in [-0.1, -0.05) is 48.6 Å². The van der Waals surface area contributed by atoms with E-state index in [-0.39, 0.29) is 0 Å². The summed E-state index contributed by atoms with van der Waals surface area (Å²) >= 11 is 0. The van der Waals surface area contributed by atoms with Gasteiger partial charge in [0.15, 0.2) is 0 Å². The number of methoxy groups -OCH3 is 1. The number of allylic oxidation sites excluding steroid dienone is 5. The highest BCUT2D eigenvalue weighted by Gasteiger charge is 2.06. The summed E-state index contributed by atoms with van der Waals surface area (Å²) in [6.07, 6.45) is 11.7. The maximum Gasteiger partial charge on any atom is 0.119 e. The summed E-state index contributed by atoms with van der Waals surface area (Å²) in [5, 5.41) is 0. The van der Waals surface area contributed by atoms with Crippen molar-refractivity contribution in [3.05, 3.63) is 84.6 Å². The third kappa shape index (κ3) is 3.54. The summed E-state index contributed by atoms with van der Waals surface area (Å²) in [4.78, 5) is 2.21. The second-order valence-electron chi connectivity index (χ2n) is 5.49. The van der Waals surface area contributed by atoms with Gasteiger partial charge in [0.1, 0.15) is 5.75 Å². The highest BCUT2D eigenvalue weighted by Crippen LogP contribution is 2.27. The number of hydrogen-bond acceptors (Lipinski definition) is 2. The predicted molar refractivity (Wildman–Crippen MR) is 97.8 cm³/mol. The molecule has 116 valence electrons. The molecule has 0 saturated carbocycles. The molecule has 0 saturated heterocycles. The average molecular weight is 303 g/mol.